The van der Waals surface area contributed by atoms with Crippen LogP contribution in [0.2, 0.25) is 0 Å². The number of hydrogen-bond donors (Lipinski definition) is 1. The van der Waals surface area contributed by atoms with Gasteiger partial charge in [-0.15, -0.1) is 0 Å². The van der Waals surface area contributed by atoms with Crippen LogP contribution in [0.1, 0.15) is 42.9 Å². The number of benzene rings is 1. The monoisotopic (exact) mass is 292 g/mol. The smallest absolute Gasteiger partial charge is 0.388 e. The molecule has 0 aliphatic carbocycles. The summed E-state index contributed by atoms with van der Waals surface area (Å²) in [5, 5.41) is 9.93. The van der Waals surface area contributed by atoms with E-state index in [2.05, 4.69) is 0 Å². The molecule has 1 aliphatic heterocycles. The van der Waals surface area contributed by atoms with Gasteiger partial charge >= 0.3 is 6.18 Å². The Balaban J connectivity index is 2.11. The molecule has 0 amide bonds. The van der Waals surface area contributed by atoms with Crippen molar-refractivity contribution in [1.82, 2.24) is 0 Å². The second-order valence-electron chi connectivity index (χ2n) is 4.96. The Bertz CT molecular complexity index is 453. The van der Waals surface area contributed by atoms with Crippen LogP contribution in [0.15, 0.2) is 18.2 Å². The summed E-state index contributed by atoms with van der Waals surface area (Å²) in [6.45, 7) is 0.647. The third kappa shape index (κ3) is 3.70. The maximum Gasteiger partial charge on any atom is 0.416 e. The van der Waals surface area contributed by atoms with Crippen molar-refractivity contribution in [2.45, 2.75) is 44.1 Å². The summed E-state index contributed by atoms with van der Waals surface area (Å²) in [6, 6.07) is 2.17. The summed E-state index contributed by atoms with van der Waals surface area (Å²) in [5.74, 6) is -0.788. The van der Waals surface area contributed by atoms with Crippen LogP contribution in [0.3, 0.4) is 0 Å². The standard InChI is InChI=1S/C14H16F4O2/c15-9-3-5-12(14(16,17)18)11(8-9)13(19)6-4-10-2-1-7-20-10/h3,5,8,10,13,19H,1-2,4,6-7H2. The zero-order valence-corrected chi connectivity index (χ0v) is 10.8. The topological polar surface area (TPSA) is 29.5 Å². The van der Waals surface area contributed by atoms with Crippen LogP contribution in [-0.2, 0) is 10.9 Å². The first kappa shape index (κ1) is 15.3. The molecule has 0 saturated carbocycles. The van der Waals surface area contributed by atoms with Gasteiger partial charge in [-0.3, -0.25) is 0 Å². The molecular weight excluding hydrogens is 276 g/mol. The molecule has 2 nitrogen and oxygen atoms in total. The van der Waals surface area contributed by atoms with Crippen molar-refractivity contribution < 1.29 is 27.4 Å². The first-order valence-corrected chi connectivity index (χ1v) is 6.54. The molecule has 0 radical (unpaired) electrons. The van der Waals surface area contributed by atoms with Crippen molar-refractivity contribution in [3.63, 3.8) is 0 Å². The highest BCUT2D eigenvalue weighted by Gasteiger charge is 2.35. The van der Waals surface area contributed by atoms with E-state index in [1.165, 1.54) is 0 Å². The number of alkyl halides is 3. The fourth-order valence-corrected chi connectivity index (χ4v) is 2.44. The predicted octanol–water partition coefficient (Wildman–Crippen LogP) is 3.84. The predicted molar refractivity (Wildman–Crippen MR) is 64.6 cm³/mol. The van der Waals surface area contributed by atoms with Gasteiger partial charge in [-0.05, 0) is 49.4 Å². The average molecular weight is 292 g/mol. The van der Waals surface area contributed by atoms with Crippen LogP contribution in [0, 0.1) is 5.82 Å². The van der Waals surface area contributed by atoms with E-state index in [9.17, 15) is 22.7 Å². The number of rotatable bonds is 4. The quantitative estimate of drug-likeness (QED) is 0.854. The van der Waals surface area contributed by atoms with E-state index in [1.807, 2.05) is 0 Å². The minimum absolute atomic E-state index is 0.0208. The molecule has 0 spiro atoms. The van der Waals surface area contributed by atoms with Crippen molar-refractivity contribution in [2.75, 3.05) is 6.61 Å². The van der Waals surface area contributed by atoms with Gasteiger partial charge in [-0.1, -0.05) is 0 Å². The summed E-state index contributed by atoms with van der Waals surface area (Å²) in [5.41, 5.74) is -1.39. The number of aliphatic hydroxyl groups is 1. The number of hydrogen-bond acceptors (Lipinski definition) is 2. The van der Waals surface area contributed by atoms with Crippen molar-refractivity contribution in [3.8, 4) is 0 Å². The van der Waals surface area contributed by atoms with Gasteiger partial charge in [0.05, 0.1) is 17.8 Å². The molecule has 2 atom stereocenters. The Morgan fingerprint density at radius 1 is 1.35 bits per heavy atom. The molecule has 20 heavy (non-hydrogen) atoms. The molecule has 1 fully saturated rings. The molecule has 0 bridgehead atoms. The maximum atomic E-state index is 13.1. The largest absolute Gasteiger partial charge is 0.416 e. The Kier molecular flexibility index (Phi) is 4.65. The normalized spacial score (nSPS) is 21.1. The molecule has 1 aromatic carbocycles. The van der Waals surface area contributed by atoms with Crippen LogP contribution in [0.4, 0.5) is 17.6 Å². The molecule has 0 aromatic heterocycles. The minimum Gasteiger partial charge on any atom is -0.388 e. The van der Waals surface area contributed by atoms with Crippen molar-refractivity contribution in [1.29, 1.82) is 0 Å². The lowest BCUT2D eigenvalue weighted by atomic mass is 9.97. The van der Waals surface area contributed by atoms with Gasteiger partial charge in [0.1, 0.15) is 5.82 Å². The summed E-state index contributed by atoms with van der Waals surface area (Å²) < 4.78 is 57.0. The second-order valence-corrected chi connectivity index (χ2v) is 4.96. The molecule has 1 saturated heterocycles. The first-order valence-electron chi connectivity index (χ1n) is 6.54. The van der Waals surface area contributed by atoms with Gasteiger partial charge in [-0.2, -0.15) is 13.2 Å². The van der Waals surface area contributed by atoms with Gasteiger partial charge in [0.2, 0.25) is 0 Å². The molecule has 1 aliphatic rings. The molecule has 112 valence electrons. The summed E-state index contributed by atoms with van der Waals surface area (Å²) in [4.78, 5) is 0. The van der Waals surface area contributed by atoms with E-state index in [0.29, 0.717) is 19.1 Å². The Labute approximate surface area is 114 Å². The SMILES string of the molecule is OC(CCC1CCCO1)c1cc(F)ccc1C(F)(F)F. The van der Waals surface area contributed by atoms with E-state index in [0.717, 1.165) is 25.0 Å². The molecule has 2 rings (SSSR count). The van der Waals surface area contributed by atoms with Gasteiger partial charge in [0.25, 0.3) is 0 Å². The molecular formula is C14H16F4O2. The van der Waals surface area contributed by atoms with Crippen molar-refractivity contribution in [3.05, 3.63) is 35.1 Å². The van der Waals surface area contributed by atoms with E-state index < -0.39 is 29.2 Å². The molecule has 6 heteroatoms. The van der Waals surface area contributed by atoms with Crippen LogP contribution in [0.25, 0.3) is 0 Å². The van der Waals surface area contributed by atoms with Crippen molar-refractivity contribution >= 4 is 0 Å². The van der Waals surface area contributed by atoms with E-state index >= 15 is 0 Å². The van der Waals surface area contributed by atoms with E-state index in [4.69, 9.17) is 4.74 Å². The third-order valence-electron chi connectivity index (χ3n) is 3.46. The summed E-state index contributed by atoms with van der Waals surface area (Å²) in [6.07, 6.45) is -3.60. The highest BCUT2D eigenvalue weighted by molar-refractivity contribution is 5.32. The van der Waals surface area contributed by atoms with Gasteiger partial charge in [-0.25, -0.2) is 4.39 Å². The second kappa shape index (κ2) is 6.10. The van der Waals surface area contributed by atoms with Crippen molar-refractivity contribution in [2.24, 2.45) is 0 Å². The molecule has 1 N–H and O–H groups in total. The lowest BCUT2D eigenvalue weighted by Gasteiger charge is -2.19. The summed E-state index contributed by atoms with van der Waals surface area (Å²) in [7, 11) is 0. The maximum absolute atomic E-state index is 13.1. The number of aliphatic hydroxyl groups excluding tert-OH is 1. The van der Waals surface area contributed by atoms with Crippen LogP contribution >= 0.6 is 0 Å². The highest BCUT2D eigenvalue weighted by atomic mass is 19.4. The Hall–Kier alpha value is -1.14. The Morgan fingerprint density at radius 2 is 2.10 bits per heavy atom. The zero-order valence-electron chi connectivity index (χ0n) is 10.8. The fraction of sp³-hybridized carbons (Fsp3) is 0.571. The minimum atomic E-state index is -4.60. The first-order chi connectivity index (χ1) is 9.38. The molecule has 2 unspecified atom stereocenters. The van der Waals surface area contributed by atoms with Gasteiger partial charge < -0.3 is 9.84 Å². The average Bonchev–Trinajstić information content (AvgIpc) is 2.87. The van der Waals surface area contributed by atoms with Gasteiger partial charge in [0.15, 0.2) is 0 Å². The highest BCUT2D eigenvalue weighted by Crippen LogP contribution is 2.36. The van der Waals surface area contributed by atoms with Gasteiger partial charge in [0, 0.05) is 6.61 Å². The van der Waals surface area contributed by atoms with E-state index in [1.54, 1.807) is 0 Å². The lowest BCUT2D eigenvalue weighted by Crippen LogP contribution is -2.14. The third-order valence-corrected chi connectivity index (χ3v) is 3.46. The molecule has 1 aromatic rings. The summed E-state index contributed by atoms with van der Waals surface area (Å²) >= 11 is 0. The Morgan fingerprint density at radius 3 is 2.70 bits per heavy atom. The fourth-order valence-electron chi connectivity index (χ4n) is 2.44. The van der Waals surface area contributed by atoms with Crippen LogP contribution in [-0.4, -0.2) is 17.8 Å². The zero-order chi connectivity index (χ0) is 14.8. The van der Waals surface area contributed by atoms with Crippen LogP contribution in [0.5, 0.6) is 0 Å². The number of ether oxygens (including phenoxy) is 1. The number of halogens is 4. The van der Waals surface area contributed by atoms with E-state index in [-0.39, 0.29) is 12.5 Å². The lowest BCUT2D eigenvalue weighted by molar-refractivity contribution is -0.139. The molecule has 1 heterocycles. The van der Waals surface area contributed by atoms with Crippen LogP contribution < -0.4 is 0 Å².